The minimum atomic E-state index is -0.200. The second-order valence-corrected chi connectivity index (χ2v) is 4.90. The number of benzene rings is 1. The van der Waals surface area contributed by atoms with E-state index in [1.807, 2.05) is 44.2 Å². The fraction of sp³-hybridized carbons (Fsp3) is 0.312. The van der Waals surface area contributed by atoms with Crippen LogP contribution in [0.5, 0.6) is 0 Å². The molecule has 2 N–H and O–H groups in total. The number of aromatic nitrogens is 2. The topological polar surface area (TPSA) is 66.9 Å². The molecule has 1 aromatic carbocycles. The third-order valence-electron chi connectivity index (χ3n) is 3.02. The maximum absolute atomic E-state index is 12.1. The van der Waals surface area contributed by atoms with Crippen LogP contribution in [0.4, 0.5) is 5.82 Å². The van der Waals surface area contributed by atoms with E-state index in [9.17, 15) is 4.79 Å². The molecule has 110 valence electrons. The maximum atomic E-state index is 12.1. The third kappa shape index (κ3) is 4.56. The van der Waals surface area contributed by atoms with E-state index in [1.165, 1.54) is 5.56 Å². The lowest BCUT2D eigenvalue weighted by Gasteiger charge is -2.13. The molecule has 5 heteroatoms. The molecule has 1 aromatic heterocycles. The predicted octanol–water partition coefficient (Wildman–Crippen LogP) is 2.27. The average molecular weight is 284 g/mol. The van der Waals surface area contributed by atoms with Gasteiger partial charge in [-0.15, -0.1) is 10.2 Å². The highest BCUT2D eigenvalue weighted by atomic mass is 16.2. The zero-order chi connectivity index (χ0) is 15.1. The van der Waals surface area contributed by atoms with E-state index >= 15 is 0 Å². The van der Waals surface area contributed by atoms with Crippen LogP contribution in [-0.4, -0.2) is 28.7 Å². The standard InChI is InChI=1S/C16H20N4O/c1-3-17-15-10-9-14(19-20-15)16(21)18-12(2)11-13-7-5-4-6-8-13/h4-10,12H,3,11H2,1-2H3,(H,17,20)(H,18,21). The van der Waals surface area contributed by atoms with Gasteiger partial charge in [-0.2, -0.15) is 0 Å². The first kappa shape index (κ1) is 15.0. The van der Waals surface area contributed by atoms with Gasteiger partial charge in [0.25, 0.3) is 5.91 Å². The molecule has 21 heavy (non-hydrogen) atoms. The second kappa shape index (κ2) is 7.38. The van der Waals surface area contributed by atoms with Crippen LogP contribution in [-0.2, 0) is 6.42 Å². The van der Waals surface area contributed by atoms with Crippen LogP contribution in [0.1, 0.15) is 29.9 Å². The molecule has 0 spiro atoms. The van der Waals surface area contributed by atoms with Crippen molar-refractivity contribution in [3.63, 3.8) is 0 Å². The van der Waals surface area contributed by atoms with Crippen molar-refractivity contribution in [2.75, 3.05) is 11.9 Å². The molecule has 1 heterocycles. The van der Waals surface area contributed by atoms with Crippen LogP contribution in [0.2, 0.25) is 0 Å². The minimum Gasteiger partial charge on any atom is -0.369 e. The van der Waals surface area contributed by atoms with Gasteiger partial charge >= 0.3 is 0 Å². The van der Waals surface area contributed by atoms with Gasteiger partial charge in [-0.3, -0.25) is 4.79 Å². The van der Waals surface area contributed by atoms with Gasteiger partial charge in [0.05, 0.1) is 0 Å². The molecule has 1 amide bonds. The van der Waals surface area contributed by atoms with Crippen molar-refractivity contribution in [2.45, 2.75) is 26.3 Å². The van der Waals surface area contributed by atoms with Crippen LogP contribution in [0, 0.1) is 0 Å². The number of hydrogen-bond donors (Lipinski definition) is 2. The number of carbonyl (C=O) groups is 1. The van der Waals surface area contributed by atoms with Crippen molar-refractivity contribution in [1.29, 1.82) is 0 Å². The Hall–Kier alpha value is -2.43. The highest BCUT2D eigenvalue weighted by molar-refractivity contribution is 5.92. The molecule has 2 rings (SSSR count). The maximum Gasteiger partial charge on any atom is 0.272 e. The van der Waals surface area contributed by atoms with E-state index < -0.39 is 0 Å². The third-order valence-corrected chi connectivity index (χ3v) is 3.02. The van der Waals surface area contributed by atoms with Gasteiger partial charge in [0, 0.05) is 12.6 Å². The molecule has 2 aromatic rings. The highest BCUT2D eigenvalue weighted by Crippen LogP contribution is 2.05. The minimum absolute atomic E-state index is 0.0372. The molecule has 0 aliphatic heterocycles. The summed E-state index contributed by atoms with van der Waals surface area (Å²) in [4.78, 5) is 12.1. The molecule has 0 saturated heterocycles. The smallest absolute Gasteiger partial charge is 0.272 e. The molecule has 0 aliphatic carbocycles. The van der Waals surface area contributed by atoms with Gasteiger partial charge in [-0.05, 0) is 38.0 Å². The normalized spacial score (nSPS) is 11.7. The highest BCUT2D eigenvalue weighted by Gasteiger charge is 2.12. The summed E-state index contributed by atoms with van der Waals surface area (Å²) >= 11 is 0. The molecule has 0 fully saturated rings. The van der Waals surface area contributed by atoms with Crippen molar-refractivity contribution in [3.05, 3.63) is 53.7 Å². The number of hydrogen-bond acceptors (Lipinski definition) is 4. The van der Waals surface area contributed by atoms with Crippen molar-refractivity contribution >= 4 is 11.7 Å². The first-order chi connectivity index (χ1) is 10.2. The summed E-state index contributed by atoms with van der Waals surface area (Å²) in [6.45, 7) is 4.73. The summed E-state index contributed by atoms with van der Waals surface area (Å²) in [5.74, 6) is 0.473. The van der Waals surface area contributed by atoms with Gasteiger partial charge in [-0.1, -0.05) is 30.3 Å². The Morgan fingerprint density at radius 3 is 2.52 bits per heavy atom. The van der Waals surface area contributed by atoms with E-state index in [4.69, 9.17) is 0 Å². The Balaban J connectivity index is 1.91. The van der Waals surface area contributed by atoms with Gasteiger partial charge in [0.2, 0.25) is 0 Å². The van der Waals surface area contributed by atoms with Crippen LogP contribution in [0.25, 0.3) is 0 Å². The Bertz CT molecular complexity index is 569. The lowest BCUT2D eigenvalue weighted by atomic mass is 10.1. The largest absolute Gasteiger partial charge is 0.369 e. The zero-order valence-electron chi connectivity index (χ0n) is 12.3. The monoisotopic (exact) mass is 284 g/mol. The summed E-state index contributed by atoms with van der Waals surface area (Å²) in [6.07, 6.45) is 0.787. The van der Waals surface area contributed by atoms with Crippen LogP contribution >= 0.6 is 0 Å². The molecule has 0 radical (unpaired) electrons. The first-order valence-corrected chi connectivity index (χ1v) is 7.11. The average Bonchev–Trinajstić information content (AvgIpc) is 2.49. The van der Waals surface area contributed by atoms with Gasteiger partial charge in [0.1, 0.15) is 5.82 Å². The summed E-state index contributed by atoms with van der Waals surface area (Å²) in [6, 6.07) is 13.5. The number of rotatable bonds is 6. The lowest BCUT2D eigenvalue weighted by Crippen LogP contribution is -2.34. The van der Waals surface area contributed by atoms with Gasteiger partial charge in [-0.25, -0.2) is 0 Å². The van der Waals surface area contributed by atoms with E-state index in [1.54, 1.807) is 12.1 Å². The van der Waals surface area contributed by atoms with E-state index in [0.29, 0.717) is 11.5 Å². The Labute approximate surface area is 124 Å². The molecule has 0 bridgehead atoms. The predicted molar refractivity (Wildman–Crippen MR) is 83.3 cm³/mol. The summed E-state index contributed by atoms with van der Waals surface area (Å²) in [5.41, 5.74) is 1.52. The SMILES string of the molecule is CCNc1ccc(C(=O)NC(C)Cc2ccccc2)nn1. The molecule has 1 unspecified atom stereocenters. The molecular formula is C16H20N4O. The van der Waals surface area contributed by atoms with Crippen molar-refractivity contribution in [1.82, 2.24) is 15.5 Å². The number of anilines is 1. The number of carbonyl (C=O) groups excluding carboxylic acids is 1. The molecular weight excluding hydrogens is 264 g/mol. The second-order valence-electron chi connectivity index (χ2n) is 4.90. The molecule has 5 nitrogen and oxygen atoms in total. The van der Waals surface area contributed by atoms with E-state index in [0.717, 1.165) is 13.0 Å². The van der Waals surface area contributed by atoms with Crippen molar-refractivity contribution in [3.8, 4) is 0 Å². The number of amides is 1. The Morgan fingerprint density at radius 2 is 1.90 bits per heavy atom. The van der Waals surface area contributed by atoms with Crippen molar-refractivity contribution < 1.29 is 4.79 Å². The van der Waals surface area contributed by atoms with E-state index in [2.05, 4.69) is 20.8 Å². The van der Waals surface area contributed by atoms with E-state index in [-0.39, 0.29) is 11.9 Å². The molecule has 1 atom stereocenters. The van der Waals surface area contributed by atoms with Crippen molar-refractivity contribution in [2.24, 2.45) is 0 Å². The number of nitrogens with one attached hydrogen (secondary N) is 2. The summed E-state index contributed by atoms with van der Waals surface area (Å²) in [7, 11) is 0. The fourth-order valence-corrected chi connectivity index (χ4v) is 2.05. The lowest BCUT2D eigenvalue weighted by molar-refractivity contribution is 0.0934. The summed E-state index contributed by atoms with van der Waals surface area (Å²) < 4.78 is 0. The van der Waals surface area contributed by atoms with Gasteiger partial charge < -0.3 is 10.6 Å². The van der Waals surface area contributed by atoms with Crippen LogP contribution in [0.3, 0.4) is 0 Å². The Morgan fingerprint density at radius 1 is 1.14 bits per heavy atom. The summed E-state index contributed by atoms with van der Waals surface area (Å²) in [5, 5.41) is 13.9. The zero-order valence-corrected chi connectivity index (χ0v) is 12.3. The quantitative estimate of drug-likeness (QED) is 0.854. The molecule has 0 saturated carbocycles. The molecule has 0 aliphatic rings. The Kier molecular flexibility index (Phi) is 5.26. The van der Waals surface area contributed by atoms with Crippen LogP contribution in [0.15, 0.2) is 42.5 Å². The fourth-order valence-electron chi connectivity index (χ4n) is 2.05. The van der Waals surface area contributed by atoms with Crippen LogP contribution < -0.4 is 10.6 Å². The number of nitrogens with zero attached hydrogens (tertiary/aromatic N) is 2. The first-order valence-electron chi connectivity index (χ1n) is 7.11. The van der Waals surface area contributed by atoms with Gasteiger partial charge in [0.15, 0.2) is 5.69 Å².